The third-order valence-corrected chi connectivity index (χ3v) is 3.24. The number of halogens is 2. The largest absolute Gasteiger partial charge is 0.380 e. The summed E-state index contributed by atoms with van der Waals surface area (Å²) in [6.07, 6.45) is 0. The summed E-state index contributed by atoms with van der Waals surface area (Å²) in [5.41, 5.74) is 2.57. The summed E-state index contributed by atoms with van der Waals surface area (Å²) in [5.74, 6) is 0. The number of rotatable bonds is 3. The molecule has 0 atom stereocenters. The van der Waals surface area contributed by atoms with E-state index in [2.05, 4.69) is 27.3 Å². The van der Waals surface area contributed by atoms with Crippen LogP contribution in [-0.4, -0.2) is 0 Å². The molecule has 0 saturated carbocycles. The zero-order chi connectivity index (χ0) is 13.0. The van der Waals surface area contributed by atoms with E-state index in [1.807, 2.05) is 36.4 Å². The second kappa shape index (κ2) is 5.90. The maximum absolute atomic E-state index is 9.02. The lowest BCUT2D eigenvalue weighted by Gasteiger charge is -2.09. The van der Waals surface area contributed by atoms with Gasteiger partial charge in [-0.1, -0.05) is 39.7 Å². The maximum atomic E-state index is 9.02. The Morgan fingerprint density at radius 3 is 2.56 bits per heavy atom. The summed E-state index contributed by atoms with van der Waals surface area (Å²) in [5, 5.41) is 13.0. The number of nitrogens with one attached hydrogen (secondary N) is 1. The first kappa shape index (κ1) is 12.9. The van der Waals surface area contributed by atoms with Crippen molar-refractivity contribution in [2.75, 3.05) is 5.32 Å². The Labute approximate surface area is 119 Å². The van der Waals surface area contributed by atoms with E-state index in [9.17, 15) is 0 Å². The molecule has 0 aliphatic carbocycles. The minimum atomic E-state index is 0.632. The Morgan fingerprint density at radius 1 is 1.17 bits per heavy atom. The lowest BCUT2D eigenvalue weighted by Crippen LogP contribution is -2.01. The van der Waals surface area contributed by atoms with Crippen LogP contribution in [0.5, 0.6) is 0 Å². The first-order valence-corrected chi connectivity index (χ1v) is 6.54. The minimum absolute atomic E-state index is 0.632. The third kappa shape index (κ3) is 3.25. The topological polar surface area (TPSA) is 35.8 Å². The second-order valence-corrected chi connectivity index (χ2v) is 5.13. The highest BCUT2D eigenvalue weighted by Gasteiger charge is 2.02. The number of benzene rings is 2. The summed E-state index contributed by atoms with van der Waals surface area (Å²) in [4.78, 5) is 0. The second-order valence-electron chi connectivity index (χ2n) is 3.78. The van der Waals surface area contributed by atoms with E-state index in [0.717, 1.165) is 20.7 Å². The monoisotopic (exact) mass is 320 g/mol. The highest BCUT2D eigenvalue weighted by atomic mass is 79.9. The average molecular weight is 322 g/mol. The molecule has 0 saturated heterocycles. The molecule has 2 aromatic rings. The van der Waals surface area contributed by atoms with Gasteiger partial charge in [-0.15, -0.1) is 0 Å². The number of anilines is 1. The molecule has 0 amide bonds. The number of nitrogens with zero attached hydrogens (tertiary/aromatic N) is 1. The van der Waals surface area contributed by atoms with Gasteiger partial charge in [-0.2, -0.15) is 5.26 Å². The molecule has 0 radical (unpaired) electrons. The van der Waals surface area contributed by atoms with Crippen LogP contribution >= 0.6 is 27.5 Å². The van der Waals surface area contributed by atoms with Crippen LogP contribution in [0.2, 0.25) is 5.02 Å². The lowest BCUT2D eigenvalue weighted by molar-refractivity contribution is 1.14. The average Bonchev–Trinajstić information content (AvgIpc) is 2.38. The van der Waals surface area contributed by atoms with Crippen molar-refractivity contribution < 1.29 is 0 Å². The van der Waals surface area contributed by atoms with Crippen LogP contribution in [0.1, 0.15) is 11.1 Å². The molecule has 0 aromatic heterocycles. The summed E-state index contributed by atoms with van der Waals surface area (Å²) >= 11 is 9.22. The molecule has 0 unspecified atom stereocenters. The molecule has 90 valence electrons. The normalized spacial score (nSPS) is 9.83. The molecule has 2 aromatic carbocycles. The van der Waals surface area contributed by atoms with Gasteiger partial charge in [0, 0.05) is 16.0 Å². The van der Waals surface area contributed by atoms with Crippen LogP contribution in [0.25, 0.3) is 0 Å². The van der Waals surface area contributed by atoms with Crippen LogP contribution in [0.3, 0.4) is 0 Å². The fraction of sp³-hybridized carbons (Fsp3) is 0.0714. The molecule has 2 rings (SSSR count). The predicted molar refractivity (Wildman–Crippen MR) is 77.6 cm³/mol. The molecule has 0 bridgehead atoms. The lowest BCUT2D eigenvalue weighted by atomic mass is 10.1. The summed E-state index contributed by atoms with van der Waals surface area (Å²) in [7, 11) is 0. The Morgan fingerprint density at radius 2 is 1.89 bits per heavy atom. The Kier molecular flexibility index (Phi) is 4.24. The van der Waals surface area contributed by atoms with E-state index >= 15 is 0 Å². The van der Waals surface area contributed by atoms with Crippen molar-refractivity contribution in [1.82, 2.24) is 0 Å². The Hall–Kier alpha value is -1.50. The number of hydrogen-bond acceptors (Lipinski definition) is 2. The minimum Gasteiger partial charge on any atom is -0.380 e. The molecule has 1 N–H and O–H groups in total. The SMILES string of the molecule is N#Cc1ccc(Br)cc1NCc1ccc(Cl)cc1. The van der Waals surface area contributed by atoms with Crippen molar-refractivity contribution in [2.24, 2.45) is 0 Å². The summed E-state index contributed by atoms with van der Waals surface area (Å²) in [6.45, 7) is 0.655. The van der Waals surface area contributed by atoms with Crippen molar-refractivity contribution in [3.63, 3.8) is 0 Å². The van der Waals surface area contributed by atoms with Crippen molar-refractivity contribution in [1.29, 1.82) is 5.26 Å². The molecule has 18 heavy (non-hydrogen) atoms. The summed E-state index contributed by atoms with van der Waals surface area (Å²) in [6, 6.07) is 15.3. The summed E-state index contributed by atoms with van der Waals surface area (Å²) < 4.78 is 0.945. The highest BCUT2D eigenvalue weighted by Crippen LogP contribution is 2.21. The third-order valence-electron chi connectivity index (χ3n) is 2.50. The Bertz CT molecular complexity index is 588. The van der Waals surface area contributed by atoms with Crippen molar-refractivity contribution in [2.45, 2.75) is 6.54 Å². The fourth-order valence-corrected chi connectivity index (χ4v) is 2.05. The standard InChI is InChI=1S/C14H10BrClN2/c15-12-4-3-11(8-17)14(7-12)18-9-10-1-5-13(16)6-2-10/h1-7,18H,9H2. The van der Waals surface area contributed by atoms with Gasteiger partial charge < -0.3 is 5.32 Å². The molecular weight excluding hydrogens is 312 g/mol. The first-order valence-electron chi connectivity index (χ1n) is 5.37. The van der Waals surface area contributed by atoms with Gasteiger partial charge in [0.1, 0.15) is 6.07 Å². The van der Waals surface area contributed by atoms with Crippen LogP contribution in [0.4, 0.5) is 5.69 Å². The van der Waals surface area contributed by atoms with E-state index in [0.29, 0.717) is 12.1 Å². The van der Waals surface area contributed by atoms with E-state index < -0.39 is 0 Å². The van der Waals surface area contributed by atoms with Crippen LogP contribution in [0.15, 0.2) is 46.9 Å². The smallest absolute Gasteiger partial charge is 0.101 e. The van der Waals surface area contributed by atoms with Gasteiger partial charge in [0.05, 0.1) is 11.3 Å². The number of nitriles is 1. The molecular formula is C14H10BrClN2. The molecule has 0 aliphatic rings. The highest BCUT2D eigenvalue weighted by molar-refractivity contribution is 9.10. The van der Waals surface area contributed by atoms with E-state index in [-0.39, 0.29) is 0 Å². The molecule has 2 nitrogen and oxygen atoms in total. The van der Waals surface area contributed by atoms with Gasteiger partial charge in [-0.25, -0.2) is 0 Å². The van der Waals surface area contributed by atoms with Gasteiger partial charge in [0.15, 0.2) is 0 Å². The molecule has 0 fully saturated rings. The molecule has 0 spiro atoms. The zero-order valence-corrected chi connectivity index (χ0v) is 11.8. The van der Waals surface area contributed by atoms with Gasteiger partial charge in [0.2, 0.25) is 0 Å². The maximum Gasteiger partial charge on any atom is 0.101 e. The van der Waals surface area contributed by atoms with Gasteiger partial charge in [-0.3, -0.25) is 0 Å². The van der Waals surface area contributed by atoms with E-state index in [4.69, 9.17) is 16.9 Å². The fourth-order valence-electron chi connectivity index (χ4n) is 1.56. The van der Waals surface area contributed by atoms with Crippen molar-refractivity contribution in [3.05, 3.63) is 63.1 Å². The zero-order valence-electron chi connectivity index (χ0n) is 9.45. The van der Waals surface area contributed by atoms with Crippen LogP contribution < -0.4 is 5.32 Å². The van der Waals surface area contributed by atoms with Gasteiger partial charge in [-0.05, 0) is 35.9 Å². The van der Waals surface area contributed by atoms with Crippen LogP contribution in [0, 0.1) is 11.3 Å². The Balaban J connectivity index is 2.13. The van der Waals surface area contributed by atoms with Crippen LogP contribution in [-0.2, 0) is 6.54 Å². The molecule has 4 heteroatoms. The molecule has 0 heterocycles. The van der Waals surface area contributed by atoms with Crippen molar-refractivity contribution >= 4 is 33.2 Å². The first-order chi connectivity index (χ1) is 8.69. The predicted octanol–water partition coefficient (Wildman–Crippen LogP) is 4.59. The molecule has 0 aliphatic heterocycles. The van der Waals surface area contributed by atoms with Gasteiger partial charge in [0.25, 0.3) is 0 Å². The number of hydrogen-bond donors (Lipinski definition) is 1. The van der Waals surface area contributed by atoms with E-state index in [1.165, 1.54) is 0 Å². The van der Waals surface area contributed by atoms with Crippen molar-refractivity contribution in [3.8, 4) is 6.07 Å². The van der Waals surface area contributed by atoms with E-state index in [1.54, 1.807) is 6.07 Å². The quantitative estimate of drug-likeness (QED) is 0.897. The van der Waals surface area contributed by atoms with Gasteiger partial charge >= 0.3 is 0 Å².